The maximum Gasteiger partial charge on any atom is 0.0408 e. The maximum atomic E-state index is 5.95. The fourth-order valence-corrected chi connectivity index (χ4v) is 3.18. The molecule has 0 bridgehead atoms. The lowest BCUT2D eigenvalue weighted by Crippen LogP contribution is -2.09. The highest BCUT2D eigenvalue weighted by Gasteiger charge is 2.24. The fourth-order valence-electron chi connectivity index (χ4n) is 2.19. The molecule has 2 atom stereocenters. The van der Waals surface area contributed by atoms with Crippen molar-refractivity contribution in [3.63, 3.8) is 0 Å². The maximum absolute atomic E-state index is 5.95. The minimum absolute atomic E-state index is 0.710. The van der Waals surface area contributed by atoms with E-state index in [4.69, 9.17) is 11.6 Å². The van der Waals surface area contributed by atoms with Gasteiger partial charge in [-0.3, -0.25) is 0 Å². The van der Waals surface area contributed by atoms with Crippen LogP contribution in [0.25, 0.3) is 0 Å². The van der Waals surface area contributed by atoms with Crippen molar-refractivity contribution < 1.29 is 0 Å². The van der Waals surface area contributed by atoms with Crippen LogP contribution < -0.4 is 0 Å². The Morgan fingerprint density at radius 2 is 2.21 bits per heavy atom. The van der Waals surface area contributed by atoms with Gasteiger partial charge in [0.2, 0.25) is 0 Å². The average molecular weight is 274 g/mol. The first-order chi connectivity index (χ1) is 6.75. The Labute approximate surface area is 98.8 Å². The number of rotatable bonds is 2. The van der Waals surface area contributed by atoms with Crippen LogP contribution in [-0.4, -0.2) is 4.83 Å². The van der Waals surface area contributed by atoms with Crippen LogP contribution in [0.3, 0.4) is 0 Å². The van der Waals surface area contributed by atoms with Gasteiger partial charge in [-0.05, 0) is 42.9 Å². The third-order valence-electron chi connectivity index (χ3n) is 2.95. The van der Waals surface area contributed by atoms with Crippen molar-refractivity contribution in [3.05, 3.63) is 34.9 Å². The Hall–Kier alpha value is -0.0100. The van der Waals surface area contributed by atoms with E-state index in [1.54, 1.807) is 0 Å². The van der Waals surface area contributed by atoms with Crippen LogP contribution in [0.15, 0.2) is 24.3 Å². The van der Waals surface area contributed by atoms with E-state index in [1.807, 2.05) is 12.1 Å². The second-order valence-corrected chi connectivity index (χ2v) is 5.65. The smallest absolute Gasteiger partial charge is 0.0408 e. The Morgan fingerprint density at radius 3 is 2.86 bits per heavy atom. The van der Waals surface area contributed by atoms with Gasteiger partial charge in [0.05, 0.1) is 0 Å². The lowest BCUT2D eigenvalue weighted by atomic mass is 9.98. The monoisotopic (exact) mass is 272 g/mol. The van der Waals surface area contributed by atoms with Gasteiger partial charge in [-0.1, -0.05) is 46.1 Å². The van der Waals surface area contributed by atoms with Crippen LogP contribution in [0, 0.1) is 5.92 Å². The first kappa shape index (κ1) is 10.5. The molecule has 0 N–H and O–H groups in total. The summed E-state index contributed by atoms with van der Waals surface area (Å²) in [5.74, 6) is 0.800. The topological polar surface area (TPSA) is 0 Å². The summed E-state index contributed by atoms with van der Waals surface area (Å²) >= 11 is 9.70. The summed E-state index contributed by atoms with van der Waals surface area (Å²) in [7, 11) is 0. The lowest BCUT2D eigenvalue weighted by molar-refractivity contribution is 0.563. The fraction of sp³-hybridized carbons (Fsp3) is 0.500. The van der Waals surface area contributed by atoms with E-state index >= 15 is 0 Å². The standard InChI is InChI=1S/C12H14BrCl/c13-12-6-2-4-10(12)7-9-3-1-5-11(14)8-9/h1,3,5,8,10,12H,2,4,6-7H2. The van der Waals surface area contributed by atoms with Crippen molar-refractivity contribution in [1.82, 2.24) is 0 Å². The molecule has 0 heterocycles. The third-order valence-corrected chi connectivity index (χ3v) is 4.39. The van der Waals surface area contributed by atoms with Gasteiger partial charge in [0.1, 0.15) is 0 Å². The van der Waals surface area contributed by atoms with Crippen molar-refractivity contribution in [2.45, 2.75) is 30.5 Å². The molecular formula is C12H14BrCl. The summed E-state index contributed by atoms with van der Waals surface area (Å²) < 4.78 is 0. The molecule has 76 valence electrons. The predicted molar refractivity (Wildman–Crippen MR) is 65.2 cm³/mol. The molecule has 1 aliphatic carbocycles. The van der Waals surface area contributed by atoms with Crippen molar-refractivity contribution in [2.75, 3.05) is 0 Å². The molecule has 2 unspecified atom stereocenters. The Kier molecular flexibility index (Phi) is 3.51. The Balaban J connectivity index is 2.03. The molecule has 1 aromatic rings. The zero-order chi connectivity index (χ0) is 9.97. The number of halogens is 2. The SMILES string of the molecule is Clc1cccc(CC2CCCC2Br)c1. The highest BCUT2D eigenvalue weighted by molar-refractivity contribution is 9.09. The van der Waals surface area contributed by atoms with E-state index in [0.717, 1.165) is 17.4 Å². The normalized spacial score (nSPS) is 26.7. The first-order valence-corrected chi connectivity index (χ1v) is 6.43. The molecule has 0 amide bonds. The zero-order valence-corrected chi connectivity index (χ0v) is 10.4. The van der Waals surface area contributed by atoms with Crippen LogP contribution in [0.5, 0.6) is 0 Å². The first-order valence-electron chi connectivity index (χ1n) is 5.14. The van der Waals surface area contributed by atoms with Crippen molar-refractivity contribution in [2.24, 2.45) is 5.92 Å². The summed E-state index contributed by atoms with van der Waals surface area (Å²) in [6.45, 7) is 0. The molecule has 1 saturated carbocycles. The Bertz CT molecular complexity index is 311. The highest BCUT2D eigenvalue weighted by atomic mass is 79.9. The number of hydrogen-bond donors (Lipinski definition) is 0. The molecule has 14 heavy (non-hydrogen) atoms. The van der Waals surface area contributed by atoms with Gasteiger partial charge in [-0.25, -0.2) is 0 Å². The number of alkyl halides is 1. The van der Waals surface area contributed by atoms with Crippen LogP contribution >= 0.6 is 27.5 Å². The molecule has 1 aliphatic rings. The van der Waals surface area contributed by atoms with E-state index in [-0.39, 0.29) is 0 Å². The highest BCUT2D eigenvalue weighted by Crippen LogP contribution is 2.34. The quantitative estimate of drug-likeness (QED) is 0.699. The molecule has 0 spiro atoms. The van der Waals surface area contributed by atoms with Crippen molar-refractivity contribution in [1.29, 1.82) is 0 Å². The van der Waals surface area contributed by atoms with Crippen LogP contribution in [0.2, 0.25) is 5.02 Å². The molecular weight excluding hydrogens is 259 g/mol. The van der Waals surface area contributed by atoms with Crippen LogP contribution in [0.1, 0.15) is 24.8 Å². The lowest BCUT2D eigenvalue weighted by Gasteiger charge is -2.13. The van der Waals surface area contributed by atoms with E-state index < -0.39 is 0 Å². The predicted octanol–water partition coefficient (Wildman–Crippen LogP) is 4.45. The van der Waals surface area contributed by atoms with Gasteiger partial charge in [-0.2, -0.15) is 0 Å². The molecule has 1 fully saturated rings. The number of hydrogen-bond acceptors (Lipinski definition) is 0. The summed E-state index contributed by atoms with van der Waals surface area (Å²) in [6.07, 6.45) is 5.20. The van der Waals surface area contributed by atoms with Gasteiger partial charge in [0, 0.05) is 9.85 Å². The van der Waals surface area contributed by atoms with Gasteiger partial charge in [0.15, 0.2) is 0 Å². The molecule has 2 heteroatoms. The summed E-state index contributed by atoms with van der Waals surface area (Å²) in [5.41, 5.74) is 1.37. The summed E-state index contributed by atoms with van der Waals surface area (Å²) in [6, 6.07) is 8.23. The van der Waals surface area contributed by atoms with E-state index in [2.05, 4.69) is 28.1 Å². The molecule has 1 aromatic carbocycles. The molecule has 0 nitrogen and oxygen atoms in total. The molecule has 0 radical (unpaired) electrons. The minimum Gasteiger partial charge on any atom is -0.0888 e. The van der Waals surface area contributed by atoms with Gasteiger partial charge in [0.25, 0.3) is 0 Å². The Morgan fingerprint density at radius 1 is 1.36 bits per heavy atom. The van der Waals surface area contributed by atoms with Gasteiger partial charge >= 0.3 is 0 Å². The van der Waals surface area contributed by atoms with Crippen LogP contribution in [0.4, 0.5) is 0 Å². The van der Waals surface area contributed by atoms with E-state index in [0.29, 0.717) is 4.83 Å². The zero-order valence-electron chi connectivity index (χ0n) is 8.05. The van der Waals surface area contributed by atoms with E-state index in [1.165, 1.54) is 24.8 Å². The second-order valence-electron chi connectivity index (χ2n) is 4.04. The summed E-state index contributed by atoms with van der Waals surface area (Å²) in [5, 5.41) is 0.853. The molecule has 0 aromatic heterocycles. The summed E-state index contributed by atoms with van der Waals surface area (Å²) in [4.78, 5) is 0.710. The third kappa shape index (κ3) is 2.52. The second kappa shape index (κ2) is 4.67. The van der Waals surface area contributed by atoms with Crippen molar-refractivity contribution in [3.8, 4) is 0 Å². The van der Waals surface area contributed by atoms with Crippen molar-refractivity contribution >= 4 is 27.5 Å². The largest absolute Gasteiger partial charge is 0.0888 e. The average Bonchev–Trinajstić information content (AvgIpc) is 2.52. The van der Waals surface area contributed by atoms with Crippen LogP contribution in [-0.2, 0) is 6.42 Å². The molecule has 0 aliphatic heterocycles. The minimum atomic E-state index is 0.710. The molecule has 2 rings (SSSR count). The van der Waals surface area contributed by atoms with Gasteiger partial charge in [-0.15, -0.1) is 0 Å². The van der Waals surface area contributed by atoms with Gasteiger partial charge < -0.3 is 0 Å². The van der Waals surface area contributed by atoms with E-state index in [9.17, 15) is 0 Å². The number of benzene rings is 1. The molecule has 0 saturated heterocycles.